The highest BCUT2D eigenvalue weighted by Gasteiger charge is 2.44. The minimum atomic E-state index is -1.03. The predicted octanol–water partition coefficient (Wildman–Crippen LogP) is 2.19. The maximum Gasteiger partial charge on any atom is 0.313 e. The standard InChI is InChI=1S/C18H20N2O4/c1-24-12-18(17(22)23)7-3-9-20(11-18)16(21)14-5-6-15-13(10-14)4-2-8-19-15/h2,4-6,8,10H,3,7,9,11-12H2,1H3,(H,22,23). The number of rotatable bonds is 4. The van der Waals surface area contributed by atoms with Crippen LogP contribution in [0.25, 0.3) is 10.9 Å². The van der Waals surface area contributed by atoms with E-state index in [1.54, 1.807) is 23.2 Å². The Morgan fingerprint density at radius 1 is 1.38 bits per heavy atom. The van der Waals surface area contributed by atoms with Crippen molar-refractivity contribution in [3.05, 3.63) is 42.1 Å². The molecule has 0 saturated carbocycles. The van der Waals surface area contributed by atoms with Crippen LogP contribution in [-0.2, 0) is 9.53 Å². The van der Waals surface area contributed by atoms with E-state index in [1.165, 1.54) is 7.11 Å². The summed E-state index contributed by atoms with van der Waals surface area (Å²) >= 11 is 0. The van der Waals surface area contributed by atoms with Crippen LogP contribution in [0.15, 0.2) is 36.5 Å². The molecule has 1 N–H and O–H groups in total. The third-order valence-corrected chi connectivity index (χ3v) is 4.59. The van der Waals surface area contributed by atoms with Gasteiger partial charge >= 0.3 is 5.97 Å². The number of carboxylic acids is 1. The Morgan fingerprint density at radius 3 is 2.96 bits per heavy atom. The molecule has 1 unspecified atom stereocenters. The minimum Gasteiger partial charge on any atom is -0.481 e. The highest BCUT2D eigenvalue weighted by atomic mass is 16.5. The van der Waals surface area contributed by atoms with E-state index in [0.717, 1.165) is 10.9 Å². The van der Waals surface area contributed by atoms with Crippen LogP contribution in [0.2, 0.25) is 0 Å². The number of hydrogen-bond donors (Lipinski definition) is 1. The number of carbonyl (C=O) groups excluding carboxylic acids is 1. The third-order valence-electron chi connectivity index (χ3n) is 4.59. The number of hydrogen-bond acceptors (Lipinski definition) is 4. The van der Waals surface area contributed by atoms with E-state index in [-0.39, 0.29) is 19.1 Å². The third kappa shape index (κ3) is 2.97. The van der Waals surface area contributed by atoms with E-state index < -0.39 is 11.4 Å². The largest absolute Gasteiger partial charge is 0.481 e. The fraction of sp³-hybridized carbons (Fsp3) is 0.389. The van der Waals surface area contributed by atoms with Gasteiger partial charge in [0.15, 0.2) is 0 Å². The van der Waals surface area contributed by atoms with E-state index in [0.29, 0.717) is 24.9 Å². The van der Waals surface area contributed by atoms with Gasteiger partial charge in [0.25, 0.3) is 5.91 Å². The van der Waals surface area contributed by atoms with E-state index in [2.05, 4.69) is 4.98 Å². The molecule has 3 rings (SSSR count). The predicted molar refractivity (Wildman–Crippen MR) is 88.8 cm³/mol. The second-order valence-corrected chi connectivity index (χ2v) is 6.26. The van der Waals surface area contributed by atoms with Gasteiger partial charge in [-0.05, 0) is 37.1 Å². The van der Waals surface area contributed by atoms with Crippen molar-refractivity contribution in [3.8, 4) is 0 Å². The van der Waals surface area contributed by atoms with Crippen LogP contribution >= 0.6 is 0 Å². The molecular formula is C18H20N2O4. The molecule has 1 aliphatic heterocycles. The average Bonchev–Trinajstić information content (AvgIpc) is 2.61. The molecule has 1 fully saturated rings. The minimum absolute atomic E-state index is 0.105. The van der Waals surface area contributed by atoms with Gasteiger partial charge in [0.2, 0.25) is 0 Å². The number of carboxylic acid groups (broad SMARTS) is 1. The van der Waals surface area contributed by atoms with Gasteiger partial charge in [-0.15, -0.1) is 0 Å². The SMILES string of the molecule is COCC1(C(=O)O)CCCN(C(=O)c2ccc3ncccc3c2)C1. The fourth-order valence-corrected chi connectivity index (χ4v) is 3.33. The summed E-state index contributed by atoms with van der Waals surface area (Å²) in [4.78, 5) is 30.4. The van der Waals surface area contributed by atoms with Crippen LogP contribution in [0.5, 0.6) is 0 Å². The van der Waals surface area contributed by atoms with Gasteiger partial charge < -0.3 is 14.7 Å². The second kappa shape index (κ2) is 6.57. The fourth-order valence-electron chi connectivity index (χ4n) is 3.33. The van der Waals surface area contributed by atoms with Crippen molar-refractivity contribution < 1.29 is 19.4 Å². The Labute approximate surface area is 140 Å². The van der Waals surface area contributed by atoms with Crippen LogP contribution < -0.4 is 0 Å². The Bertz CT molecular complexity index is 772. The van der Waals surface area contributed by atoms with Crippen molar-refractivity contribution >= 4 is 22.8 Å². The van der Waals surface area contributed by atoms with Gasteiger partial charge in [-0.25, -0.2) is 0 Å². The number of pyridine rings is 1. The number of benzene rings is 1. The van der Waals surface area contributed by atoms with Crippen LogP contribution in [0.4, 0.5) is 0 Å². The summed E-state index contributed by atoms with van der Waals surface area (Å²) in [5.41, 5.74) is 0.349. The van der Waals surface area contributed by atoms with E-state index in [1.807, 2.05) is 18.2 Å². The van der Waals surface area contributed by atoms with Crippen molar-refractivity contribution in [2.75, 3.05) is 26.8 Å². The van der Waals surface area contributed by atoms with E-state index in [9.17, 15) is 14.7 Å². The van der Waals surface area contributed by atoms with Crippen LogP contribution in [-0.4, -0.2) is 53.7 Å². The number of amides is 1. The molecule has 0 spiro atoms. The molecule has 0 bridgehead atoms. The topological polar surface area (TPSA) is 79.7 Å². The van der Waals surface area contributed by atoms with Gasteiger partial charge in [-0.2, -0.15) is 0 Å². The van der Waals surface area contributed by atoms with Gasteiger partial charge in [0, 0.05) is 37.3 Å². The first-order valence-corrected chi connectivity index (χ1v) is 7.92. The summed E-state index contributed by atoms with van der Waals surface area (Å²) < 4.78 is 5.11. The Hall–Kier alpha value is -2.47. The molecule has 1 aromatic carbocycles. The molecule has 0 aliphatic carbocycles. The number of nitrogens with zero attached hydrogens (tertiary/aromatic N) is 2. The number of methoxy groups -OCH3 is 1. The number of aromatic nitrogens is 1. The molecule has 6 heteroatoms. The lowest BCUT2D eigenvalue weighted by atomic mass is 9.80. The molecule has 1 atom stereocenters. The van der Waals surface area contributed by atoms with Gasteiger partial charge in [-0.3, -0.25) is 14.6 Å². The van der Waals surface area contributed by atoms with Crippen molar-refractivity contribution in [2.24, 2.45) is 5.41 Å². The monoisotopic (exact) mass is 328 g/mol. The summed E-state index contributed by atoms with van der Waals surface area (Å²) in [6.07, 6.45) is 2.87. The molecule has 1 amide bonds. The summed E-state index contributed by atoms with van der Waals surface area (Å²) in [5.74, 6) is -1.06. The first kappa shape index (κ1) is 16.4. The normalized spacial score (nSPS) is 21.0. The zero-order valence-corrected chi connectivity index (χ0v) is 13.6. The first-order valence-electron chi connectivity index (χ1n) is 7.92. The summed E-state index contributed by atoms with van der Waals surface area (Å²) in [7, 11) is 1.49. The smallest absolute Gasteiger partial charge is 0.313 e. The number of likely N-dealkylation sites (tertiary alicyclic amines) is 1. The Balaban J connectivity index is 1.86. The second-order valence-electron chi connectivity index (χ2n) is 6.26. The van der Waals surface area contributed by atoms with Gasteiger partial charge in [0.1, 0.15) is 5.41 Å². The van der Waals surface area contributed by atoms with Crippen molar-refractivity contribution in [3.63, 3.8) is 0 Å². The average molecular weight is 328 g/mol. The zero-order valence-electron chi connectivity index (χ0n) is 13.6. The first-order chi connectivity index (χ1) is 11.6. The Morgan fingerprint density at radius 2 is 2.21 bits per heavy atom. The van der Waals surface area contributed by atoms with Crippen molar-refractivity contribution in [1.82, 2.24) is 9.88 Å². The van der Waals surface area contributed by atoms with Crippen molar-refractivity contribution in [1.29, 1.82) is 0 Å². The molecule has 2 heterocycles. The maximum atomic E-state index is 12.8. The highest BCUT2D eigenvalue weighted by Crippen LogP contribution is 2.31. The van der Waals surface area contributed by atoms with Crippen LogP contribution in [0.1, 0.15) is 23.2 Å². The van der Waals surface area contributed by atoms with E-state index >= 15 is 0 Å². The van der Waals surface area contributed by atoms with Gasteiger partial charge in [0.05, 0.1) is 12.1 Å². The molecule has 0 radical (unpaired) electrons. The molecule has 2 aromatic rings. The van der Waals surface area contributed by atoms with Gasteiger partial charge in [-0.1, -0.05) is 6.07 Å². The summed E-state index contributed by atoms with van der Waals surface area (Å²) in [6, 6.07) is 9.09. The number of aliphatic carboxylic acids is 1. The lowest BCUT2D eigenvalue weighted by Crippen LogP contribution is -2.52. The zero-order chi connectivity index (χ0) is 17.2. The molecular weight excluding hydrogens is 308 g/mol. The van der Waals surface area contributed by atoms with Crippen LogP contribution in [0.3, 0.4) is 0 Å². The van der Waals surface area contributed by atoms with Crippen LogP contribution in [0, 0.1) is 5.41 Å². The molecule has 126 valence electrons. The Kier molecular flexibility index (Phi) is 4.49. The lowest BCUT2D eigenvalue weighted by molar-refractivity contribution is -0.155. The molecule has 6 nitrogen and oxygen atoms in total. The number of carbonyl (C=O) groups is 2. The number of fused-ring (bicyclic) bond motifs is 1. The molecule has 1 aromatic heterocycles. The highest BCUT2D eigenvalue weighted by molar-refractivity contribution is 5.98. The molecule has 1 aliphatic rings. The van der Waals surface area contributed by atoms with Crippen molar-refractivity contribution in [2.45, 2.75) is 12.8 Å². The number of piperidine rings is 1. The maximum absolute atomic E-state index is 12.8. The number of ether oxygens (including phenoxy) is 1. The van der Waals surface area contributed by atoms with E-state index in [4.69, 9.17) is 4.74 Å². The summed E-state index contributed by atoms with van der Waals surface area (Å²) in [6.45, 7) is 0.830. The molecule has 24 heavy (non-hydrogen) atoms. The summed E-state index contributed by atoms with van der Waals surface area (Å²) in [5, 5.41) is 10.5. The quantitative estimate of drug-likeness (QED) is 0.930. The lowest BCUT2D eigenvalue weighted by Gasteiger charge is -2.39. The molecule has 1 saturated heterocycles.